The fourth-order valence-corrected chi connectivity index (χ4v) is 2.69. The van der Waals surface area contributed by atoms with E-state index in [0.29, 0.717) is 23.0 Å². The highest BCUT2D eigenvalue weighted by Gasteiger charge is 2.16. The first-order valence-electron chi connectivity index (χ1n) is 8.05. The van der Waals surface area contributed by atoms with Crippen molar-refractivity contribution in [3.63, 3.8) is 0 Å². The van der Waals surface area contributed by atoms with Crippen molar-refractivity contribution in [1.82, 2.24) is 29.3 Å². The lowest BCUT2D eigenvalue weighted by Gasteiger charge is -2.11. The van der Waals surface area contributed by atoms with Gasteiger partial charge in [-0.3, -0.25) is 4.79 Å². The van der Waals surface area contributed by atoms with Crippen molar-refractivity contribution in [2.75, 3.05) is 5.32 Å². The predicted octanol–water partition coefficient (Wildman–Crippen LogP) is 2.55. The molecule has 1 amide bonds. The van der Waals surface area contributed by atoms with Gasteiger partial charge in [0.05, 0.1) is 11.3 Å². The maximum Gasteiger partial charge on any atom is 0.259 e. The Kier molecular flexibility index (Phi) is 4.17. The number of rotatable bonds is 4. The number of hydrogen-bond donors (Lipinski definition) is 1. The van der Waals surface area contributed by atoms with E-state index in [1.54, 1.807) is 54.3 Å². The van der Waals surface area contributed by atoms with Crippen LogP contribution in [0.25, 0.3) is 11.5 Å². The molecule has 1 aromatic carbocycles. The molecule has 0 aliphatic heterocycles. The number of pyridine rings is 1. The molecule has 0 saturated carbocycles. The van der Waals surface area contributed by atoms with Crippen LogP contribution in [-0.4, -0.2) is 35.2 Å². The van der Waals surface area contributed by atoms with E-state index in [1.807, 2.05) is 0 Å². The van der Waals surface area contributed by atoms with E-state index >= 15 is 0 Å². The van der Waals surface area contributed by atoms with Gasteiger partial charge in [-0.1, -0.05) is 0 Å². The van der Waals surface area contributed by atoms with Gasteiger partial charge < -0.3 is 9.88 Å². The molecule has 8 nitrogen and oxygen atoms in total. The number of imidazole rings is 1. The highest BCUT2D eigenvalue weighted by atomic mass is 19.1. The Morgan fingerprint density at radius 1 is 1.19 bits per heavy atom. The zero-order valence-corrected chi connectivity index (χ0v) is 14.2. The molecule has 1 N–H and O–H groups in total. The zero-order chi connectivity index (χ0) is 18.8. The van der Waals surface area contributed by atoms with E-state index in [1.165, 1.54) is 23.4 Å². The molecule has 9 heteroatoms. The number of nitrogens with one attached hydrogen (secondary N) is 1. The molecule has 0 fully saturated rings. The van der Waals surface area contributed by atoms with Crippen LogP contribution in [0.1, 0.15) is 16.2 Å². The monoisotopic (exact) mass is 363 g/mol. The van der Waals surface area contributed by atoms with Gasteiger partial charge in [0.25, 0.3) is 5.91 Å². The van der Waals surface area contributed by atoms with Crippen LogP contribution < -0.4 is 5.32 Å². The quantitative estimate of drug-likeness (QED) is 0.602. The molecule has 0 spiro atoms. The number of aromatic nitrogens is 6. The minimum atomic E-state index is -0.475. The average molecular weight is 363 g/mol. The van der Waals surface area contributed by atoms with Crippen LogP contribution in [0.5, 0.6) is 0 Å². The summed E-state index contributed by atoms with van der Waals surface area (Å²) in [5.41, 5.74) is 0.970. The minimum absolute atomic E-state index is 0.290. The summed E-state index contributed by atoms with van der Waals surface area (Å²) in [6.45, 7) is 1.78. The Hall–Kier alpha value is -3.88. The topological polar surface area (TPSA) is 90.5 Å². The Balaban J connectivity index is 1.61. The number of amides is 1. The van der Waals surface area contributed by atoms with E-state index in [-0.39, 0.29) is 5.56 Å². The molecule has 0 atom stereocenters. The van der Waals surface area contributed by atoms with Gasteiger partial charge in [-0.15, -0.1) is 0 Å². The van der Waals surface area contributed by atoms with E-state index in [9.17, 15) is 9.18 Å². The Bertz CT molecular complexity index is 1100. The molecule has 0 radical (unpaired) electrons. The minimum Gasteiger partial charge on any atom is -0.322 e. The second-order valence-corrected chi connectivity index (χ2v) is 5.68. The largest absolute Gasteiger partial charge is 0.322 e. The van der Waals surface area contributed by atoms with E-state index in [0.717, 1.165) is 0 Å². The number of halogens is 1. The van der Waals surface area contributed by atoms with Gasteiger partial charge in [-0.2, -0.15) is 5.10 Å². The van der Waals surface area contributed by atoms with Gasteiger partial charge in [0.15, 0.2) is 5.82 Å². The lowest BCUT2D eigenvalue weighted by Crippen LogP contribution is -2.16. The SMILES string of the molecule is Cc1nccn1-c1ccc(NC(=O)c2cccnc2-n2cncn2)cc1F. The Labute approximate surface area is 153 Å². The first kappa shape index (κ1) is 16.6. The second kappa shape index (κ2) is 6.79. The number of anilines is 1. The summed E-state index contributed by atoms with van der Waals surface area (Å²) in [4.78, 5) is 24.8. The molecule has 0 saturated heterocycles. The van der Waals surface area contributed by atoms with Crippen molar-refractivity contribution in [3.8, 4) is 11.5 Å². The molecule has 3 heterocycles. The summed E-state index contributed by atoms with van der Waals surface area (Å²) in [7, 11) is 0. The van der Waals surface area contributed by atoms with Gasteiger partial charge in [0.2, 0.25) is 0 Å². The third kappa shape index (κ3) is 3.17. The van der Waals surface area contributed by atoms with Crippen molar-refractivity contribution >= 4 is 11.6 Å². The molecule has 0 bridgehead atoms. The lowest BCUT2D eigenvalue weighted by atomic mass is 10.2. The van der Waals surface area contributed by atoms with Crippen LogP contribution in [0.4, 0.5) is 10.1 Å². The van der Waals surface area contributed by atoms with E-state index in [2.05, 4.69) is 25.4 Å². The number of nitrogens with zero attached hydrogens (tertiary/aromatic N) is 6. The van der Waals surface area contributed by atoms with Crippen molar-refractivity contribution in [2.24, 2.45) is 0 Å². The first-order valence-corrected chi connectivity index (χ1v) is 8.05. The molecular formula is C18H14FN7O. The number of benzene rings is 1. The fraction of sp³-hybridized carbons (Fsp3) is 0.0556. The molecular weight excluding hydrogens is 349 g/mol. The summed E-state index contributed by atoms with van der Waals surface area (Å²) >= 11 is 0. The summed E-state index contributed by atoms with van der Waals surface area (Å²) < 4.78 is 17.5. The summed E-state index contributed by atoms with van der Waals surface area (Å²) in [6, 6.07) is 7.72. The zero-order valence-electron chi connectivity index (χ0n) is 14.2. The third-order valence-corrected chi connectivity index (χ3v) is 3.96. The normalized spacial score (nSPS) is 10.7. The molecule has 27 heavy (non-hydrogen) atoms. The highest BCUT2D eigenvalue weighted by molar-refractivity contribution is 6.06. The summed E-state index contributed by atoms with van der Waals surface area (Å²) in [6.07, 6.45) is 7.61. The Morgan fingerprint density at radius 3 is 2.78 bits per heavy atom. The van der Waals surface area contributed by atoms with Gasteiger partial charge >= 0.3 is 0 Å². The summed E-state index contributed by atoms with van der Waals surface area (Å²) in [5, 5.41) is 6.68. The number of aryl methyl sites for hydroxylation is 1. The molecule has 0 aliphatic carbocycles. The second-order valence-electron chi connectivity index (χ2n) is 5.68. The molecule has 0 aliphatic rings. The first-order chi connectivity index (χ1) is 13.1. The van der Waals surface area contributed by atoms with E-state index in [4.69, 9.17) is 0 Å². The van der Waals surface area contributed by atoms with Crippen molar-refractivity contribution < 1.29 is 9.18 Å². The fourth-order valence-electron chi connectivity index (χ4n) is 2.69. The van der Waals surface area contributed by atoms with E-state index < -0.39 is 11.7 Å². The maximum atomic E-state index is 14.5. The van der Waals surface area contributed by atoms with Crippen LogP contribution >= 0.6 is 0 Å². The smallest absolute Gasteiger partial charge is 0.259 e. The van der Waals surface area contributed by atoms with Gasteiger partial charge in [-0.25, -0.2) is 24.0 Å². The predicted molar refractivity (Wildman–Crippen MR) is 95.4 cm³/mol. The van der Waals surface area contributed by atoms with Crippen LogP contribution in [0.15, 0.2) is 61.6 Å². The number of carbonyl (C=O) groups excluding carboxylic acids is 1. The average Bonchev–Trinajstić information content (AvgIpc) is 3.34. The van der Waals surface area contributed by atoms with Crippen molar-refractivity contribution in [1.29, 1.82) is 0 Å². The molecule has 3 aromatic heterocycles. The number of hydrogen-bond acceptors (Lipinski definition) is 5. The number of carbonyl (C=O) groups is 1. The molecule has 134 valence electrons. The van der Waals surface area contributed by atoms with Crippen LogP contribution in [-0.2, 0) is 0 Å². The van der Waals surface area contributed by atoms with Crippen molar-refractivity contribution in [3.05, 3.63) is 78.8 Å². The highest BCUT2D eigenvalue weighted by Crippen LogP contribution is 2.20. The lowest BCUT2D eigenvalue weighted by molar-refractivity contribution is 0.102. The van der Waals surface area contributed by atoms with Crippen molar-refractivity contribution in [2.45, 2.75) is 6.92 Å². The summed E-state index contributed by atoms with van der Waals surface area (Å²) in [5.74, 6) is 0.0910. The standard InChI is InChI=1S/C18H14FN7O/c1-12-21-7-8-25(12)16-5-4-13(9-15(16)19)24-18(27)14-3-2-6-22-17(14)26-11-20-10-23-26/h2-11H,1H3,(H,24,27). The van der Waals surface area contributed by atoms with Gasteiger partial charge in [0, 0.05) is 24.3 Å². The van der Waals surface area contributed by atoms with Crippen LogP contribution in [0.3, 0.4) is 0 Å². The molecule has 4 aromatic rings. The molecule has 4 rings (SSSR count). The third-order valence-electron chi connectivity index (χ3n) is 3.96. The maximum absolute atomic E-state index is 14.5. The van der Waals surface area contributed by atoms with Crippen LogP contribution in [0.2, 0.25) is 0 Å². The van der Waals surface area contributed by atoms with Crippen LogP contribution in [0, 0.1) is 12.7 Å². The Morgan fingerprint density at radius 2 is 2.07 bits per heavy atom. The van der Waals surface area contributed by atoms with Gasteiger partial charge in [0.1, 0.15) is 24.3 Å². The molecule has 0 unspecified atom stereocenters. The van der Waals surface area contributed by atoms with Gasteiger partial charge in [-0.05, 0) is 37.3 Å².